The van der Waals surface area contributed by atoms with Gasteiger partial charge in [0.05, 0.1) is 0 Å². The number of nitrogens with zero attached hydrogens (tertiary/aromatic N) is 1. The van der Waals surface area contributed by atoms with Gasteiger partial charge in [-0.25, -0.2) is 0 Å². The fourth-order valence-corrected chi connectivity index (χ4v) is 4.06. The van der Waals surface area contributed by atoms with Gasteiger partial charge in [-0.2, -0.15) is 0 Å². The number of hydrogen-bond acceptors (Lipinski definition) is 1. The van der Waals surface area contributed by atoms with Crippen LogP contribution in [0.4, 0.5) is 0 Å². The molecule has 0 fully saturated rings. The summed E-state index contributed by atoms with van der Waals surface area (Å²) in [4.78, 5) is 11.5. The van der Waals surface area contributed by atoms with E-state index in [1.165, 1.54) is 3.71 Å². The van der Waals surface area contributed by atoms with Gasteiger partial charge in [-0.15, -0.1) is 0 Å². The Balaban J connectivity index is 3.10. The molecule has 0 aliphatic rings. The molecule has 0 unspecified atom stereocenters. The summed E-state index contributed by atoms with van der Waals surface area (Å²) in [5.74, 6) is 5.97. The van der Waals surface area contributed by atoms with Crippen LogP contribution in [-0.4, -0.2) is 23.4 Å². The van der Waals surface area contributed by atoms with Crippen molar-refractivity contribution in [2.75, 3.05) is 0 Å². The van der Waals surface area contributed by atoms with Crippen LogP contribution >= 0.6 is 0 Å². The molecule has 0 atom stereocenters. The third kappa shape index (κ3) is 3.04. The van der Waals surface area contributed by atoms with Crippen molar-refractivity contribution in [1.29, 1.82) is 0 Å². The first kappa shape index (κ1) is 10.6. The van der Waals surface area contributed by atoms with Crippen molar-refractivity contribution in [2.24, 2.45) is 0 Å². The van der Waals surface area contributed by atoms with E-state index in [1.807, 2.05) is 19.2 Å². The van der Waals surface area contributed by atoms with E-state index in [1.54, 1.807) is 0 Å². The molecule has 0 aromatic carbocycles. The average molecular weight is 280 g/mol. The minimum atomic E-state index is -1.98. The van der Waals surface area contributed by atoms with Crippen LogP contribution in [0.5, 0.6) is 0 Å². The number of aromatic nitrogens is 1. The van der Waals surface area contributed by atoms with Gasteiger partial charge in [0, 0.05) is 0 Å². The van der Waals surface area contributed by atoms with Crippen LogP contribution in [0.3, 0.4) is 0 Å². The van der Waals surface area contributed by atoms with Gasteiger partial charge in [0.25, 0.3) is 0 Å². The Morgan fingerprint density at radius 2 is 2.00 bits per heavy atom. The predicted octanol–water partition coefficient (Wildman–Crippen LogP) is 2.00. The summed E-state index contributed by atoms with van der Waals surface area (Å²) in [5, 5.41) is 0. The molecule has 0 saturated carbocycles. The van der Waals surface area contributed by atoms with Gasteiger partial charge in [-0.1, -0.05) is 0 Å². The summed E-state index contributed by atoms with van der Waals surface area (Å²) in [6.45, 7) is 1.86. The predicted molar refractivity (Wildman–Crippen MR) is 59.8 cm³/mol. The van der Waals surface area contributed by atoms with Gasteiger partial charge in [-0.05, 0) is 0 Å². The van der Waals surface area contributed by atoms with Crippen LogP contribution < -0.4 is 3.71 Å². The monoisotopic (exact) mass is 281 g/mol. The third-order valence-electron chi connectivity index (χ3n) is 1.80. The normalized spacial score (nSPS) is 10.5. The Hall–Kier alpha value is -0.491. The Bertz CT molecular complexity index is 352. The summed E-state index contributed by atoms with van der Waals surface area (Å²) >= 11 is -1.98. The number of rotatable bonds is 1. The van der Waals surface area contributed by atoms with Crippen LogP contribution in [0, 0.1) is 11.8 Å². The molecular formula is C11H15NSn. The van der Waals surface area contributed by atoms with E-state index in [0.717, 1.165) is 5.56 Å². The molecule has 13 heavy (non-hydrogen) atoms. The maximum atomic E-state index is 4.42. The molecule has 0 aliphatic heterocycles. The first-order chi connectivity index (χ1) is 6.04. The summed E-state index contributed by atoms with van der Waals surface area (Å²) < 4.78 is 1.30. The molecule has 0 bridgehead atoms. The molecule has 0 aliphatic carbocycles. The van der Waals surface area contributed by atoms with Gasteiger partial charge in [0.15, 0.2) is 0 Å². The van der Waals surface area contributed by atoms with E-state index in [4.69, 9.17) is 0 Å². The van der Waals surface area contributed by atoms with Crippen molar-refractivity contribution in [1.82, 2.24) is 4.98 Å². The van der Waals surface area contributed by atoms with E-state index in [0.29, 0.717) is 0 Å². The minimum absolute atomic E-state index is 1.10. The second kappa shape index (κ2) is 4.15. The quantitative estimate of drug-likeness (QED) is 0.566. The Labute approximate surface area is 84.5 Å². The molecule has 0 N–H and O–H groups in total. The number of hydrogen-bond donors (Lipinski definition) is 0. The summed E-state index contributed by atoms with van der Waals surface area (Å²) in [5.41, 5.74) is 1.10. The molecular weight excluding hydrogens is 265 g/mol. The van der Waals surface area contributed by atoms with Crippen molar-refractivity contribution < 1.29 is 0 Å². The zero-order chi connectivity index (χ0) is 9.90. The SMILES string of the molecule is CC#Cc1ccn[c]([Sn]([CH3])([CH3])[CH3])c1. The molecule has 1 aromatic rings. The third-order valence-corrected chi connectivity index (χ3v) is 6.96. The van der Waals surface area contributed by atoms with Crippen LogP contribution in [0.25, 0.3) is 0 Å². The number of pyridine rings is 1. The maximum absolute atomic E-state index is 4.42. The molecule has 2 heteroatoms. The molecule has 0 spiro atoms. The van der Waals surface area contributed by atoms with E-state index in [2.05, 4.69) is 37.7 Å². The van der Waals surface area contributed by atoms with Crippen molar-refractivity contribution >= 4 is 22.1 Å². The van der Waals surface area contributed by atoms with Gasteiger partial charge in [0.1, 0.15) is 0 Å². The fourth-order valence-electron chi connectivity index (χ4n) is 1.06. The van der Waals surface area contributed by atoms with Crippen LogP contribution in [0.15, 0.2) is 18.3 Å². The summed E-state index contributed by atoms with van der Waals surface area (Å²) in [7, 11) is 0. The first-order valence-electron chi connectivity index (χ1n) is 4.43. The van der Waals surface area contributed by atoms with Crippen molar-refractivity contribution in [2.45, 2.75) is 21.7 Å². The molecule has 68 valence electrons. The van der Waals surface area contributed by atoms with E-state index < -0.39 is 18.4 Å². The molecule has 0 amide bonds. The molecule has 1 heterocycles. The van der Waals surface area contributed by atoms with E-state index in [9.17, 15) is 0 Å². The average Bonchev–Trinajstić information content (AvgIpc) is 2.04. The Morgan fingerprint density at radius 1 is 1.31 bits per heavy atom. The fraction of sp³-hybridized carbons (Fsp3) is 0.364. The summed E-state index contributed by atoms with van der Waals surface area (Å²) in [6.07, 6.45) is 1.87. The molecule has 1 nitrogen and oxygen atoms in total. The van der Waals surface area contributed by atoms with Crippen molar-refractivity contribution in [3.63, 3.8) is 0 Å². The van der Waals surface area contributed by atoms with Gasteiger partial charge in [-0.3, -0.25) is 0 Å². The second-order valence-electron chi connectivity index (χ2n) is 4.05. The second-order valence-corrected chi connectivity index (χ2v) is 18.4. The zero-order valence-electron chi connectivity index (χ0n) is 8.68. The van der Waals surface area contributed by atoms with Crippen LogP contribution in [0.1, 0.15) is 12.5 Å². The van der Waals surface area contributed by atoms with E-state index >= 15 is 0 Å². The van der Waals surface area contributed by atoms with Gasteiger partial charge < -0.3 is 0 Å². The van der Waals surface area contributed by atoms with Crippen LogP contribution in [0.2, 0.25) is 14.8 Å². The first-order valence-corrected chi connectivity index (χ1v) is 14.4. The molecule has 1 rings (SSSR count). The van der Waals surface area contributed by atoms with Crippen LogP contribution in [-0.2, 0) is 0 Å². The summed E-state index contributed by atoms with van der Waals surface area (Å²) in [6, 6.07) is 4.12. The van der Waals surface area contributed by atoms with E-state index in [-0.39, 0.29) is 0 Å². The topological polar surface area (TPSA) is 12.9 Å². The Kier molecular flexibility index (Phi) is 3.38. The van der Waals surface area contributed by atoms with Crippen molar-refractivity contribution in [3.8, 4) is 11.8 Å². The molecule has 1 aromatic heterocycles. The Morgan fingerprint density at radius 3 is 2.54 bits per heavy atom. The molecule has 0 saturated heterocycles. The van der Waals surface area contributed by atoms with Crippen molar-refractivity contribution in [3.05, 3.63) is 23.9 Å². The zero-order valence-corrected chi connectivity index (χ0v) is 11.5. The van der Waals surface area contributed by atoms with Gasteiger partial charge >= 0.3 is 84.5 Å². The molecule has 0 radical (unpaired) electrons. The van der Waals surface area contributed by atoms with Gasteiger partial charge in [0.2, 0.25) is 0 Å². The standard InChI is InChI=1S/C8H6N.3CH3.Sn/c1-2-3-8-4-6-9-7-5-8;;;;/h4-6H,1H3;3*1H3;.